The Labute approximate surface area is 84.5 Å². The summed E-state index contributed by atoms with van der Waals surface area (Å²) in [5.41, 5.74) is -0.440. The molecule has 0 aliphatic carbocycles. The summed E-state index contributed by atoms with van der Waals surface area (Å²) in [6.07, 6.45) is -1.44. The average molecular weight is 216 g/mol. The second-order valence-corrected chi connectivity index (χ2v) is 3.40. The average Bonchev–Trinajstić information content (AvgIpc) is 2.74. The lowest BCUT2D eigenvalue weighted by Crippen LogP contribution is -2.34. The molecule has 1 fully saturated rings. The molecule has 84 valence electrons. The summed E-state index contributed by atoms with van der Waals surface area (Å²) < 4.78 is 6.28. The fourth-order valence-electron chi connectivity index (χ4n) is 1.64. The lowest BCUT2D eigenvalue weighted by molar-refractivity contribution is -0.0542. The maximum Gasteiger partial charge on any atom is 0.327 e. The Morgan fingerprint density at radius 1 is 1.47 bits per heavy atom. The van der Waals surface area contributed by atoms with Crippen molar-refractivity contribution in [3.63, 3.8) is 0 Å². The molecule has 0 unspecified atom stereocenters. The van der Waals surface area contributed by atoms with E-state index in [1.54, 1.807) is 0 Å². The number of imidazole rings is 1. The van der Waals surface area contributed by atoms with Crippen molar-refractivity contribution in [2.75, 3.05) is 6.61 Å². The Morgan fingerprint density at radius 3 is 2.67 bits per heavy atom. The first-order valence-corrected chi connectivity index (χ1v) is 4.53. The van der Waals surface area contributed by atoms with E-state index in [9.17, 15) is 15.0 Å². The molecule has 15 heavy (non-hydrogen) atoms. The van der Waals surface area contributed by atoms with Crippen molar-refractivity contribution in [1.29, 1.82) is 0 Å². The summed E-state index contributed by atoms with van der Waals surface area (Å²) in [6.45, 7) is -0.409. The van der Waals surface area contributed by atoms with Crippen LogP contribution < -0.4 is 5.69 Å². The fourth-order valence-corrected chi connectivity index (χ4v) is 1.64. The number of hydrogen-bond acceptors (Lipinski definition) is 5. The van der Waals surface area contributed by atoms with Crippen LogP contribution in [0.15, 0.2) is 17.2 Å². The van der Waals surface area contributed by atoms with E-state index in [0.717, 1.165) is 4.57 Å². The third kappa shape index (κ3) is 1.59. The first kappa shape index (κ1) is 10.4. The maximum absolute atomic E-state index is 11.2. The summed E-state index contributed by atoms with van der Waals surface area (Å²) in [4.78, 5) is 13.6. The fraction of sp³-hybridized carbons (Fsp3) is 0.625. The van der Waals surface area contributed by atoms with E-state index in [1.165, 1.54) is 12.4 Å². The first-order valence-electron chi connectivity index (χ1n) is 4.53. The van der Waals surface area contributed by atoms with Crippen molar-refractivity contribution in [3.05, 3.63) is 22.9 Å². The molecule has 2 heterocycles. The highest BCUT2D eigenvalue weighted by Crippen LogP contribution is 2.27. The predicted molar refractivity (Wildman–Crippen MR) is 48.1 cm³/mol. The molecule has 1 aromatic rings. The van der Waals surface area contributed by atoms with Gasteiger partial charge >= 0.3 is 5.69 Å². The quantitative estimate of drug-likeness (QED) is 0.448. The van der Waals surface area contributed by atoms with Gasteiger partial charge in [-0.05, 0) is 0 Å². The summed E-state index contributed by atoms with van der Waals surface area (Å²) in [7, 11) is 0. The van der Waals surface area contributed by atoms with E-state index in [0.29, 0.717) is 0 Å². The predicted octanol–water partition coefficient (Wildman–Crippen LogP) is -2.21. The third-order valence-electron chi connectivity index (χ3n) is 2.47. The third-order valence-corrected chi connectivity index (χ3v) is 2.47. The van der Waals surface area contributed by atoms with Crippen LogP contribution >= 0.6 is 0 Å². The van der Waals surface area contributed by atoms with Crippen LogP contribution in [0.3, 0.4) is 0 Å². The molecule has 1 aliphatic heterocycles. The van der Waals surface area contributed by atoms with Crippen molar-refractivity contribution in [2.45, 2.75) is 24.5 Å². The van der Waals surface area contributed by atoms with Crippen LogP contribution in [0.4, 0.5) is 0 Å². The monoisotopic (exact) mass is 216 g/mol. The standard InChI is InChI=1S/C8H12N2O5/c11-3-4-5(12)6(13)7(15-4)10-2-1-9-8(10)14/h1-2,4-7,11-13H,3H2,(H,9,14)/t4-,5-,6-,7-/m1/s1. The van der Waals surface area contributed by atoms with Gasteiger partial charge in [-0.25, -0.2) is 4.79 Å². The normalized spacial score (nSPS) is 35.9. The lowest BCUT2D eigenvalue weighted by atomic mass is 10.1. The van der Waals surface area contributed by atoms with Gasteiger partial charge in [0.25, 0.3) is 0 Å². The van der Waals surface area contributed by atoms with Gasteiger partial charge in [0.15, 0.2) is 6.23 Å². The van der Waals surface area contributed by atoms with Gasteiger partial charge < -0.3 is 25.0 Å². The largest absolute Gasteiger partial charge is 0.394 e. The van der Waals surface area contributed by atoms with Crippen LogP contribution in [0.25, 0.3) is 0 Å². The van der Waals surface area contributed by atoms with Gasteiger partial charge in [-0.3, -0.25) is 4.57 Å². The number of aliphatic hydroxyl groups excluding tert-OH is 3. The number of nitrogens with one attached hydrogen (secondary N) is 1. The minimum atomic E-state index is -1.23. The van der Waals surface area contributed by atoms with Crippen molar-refractivity contribution < 1.29 is 20.1 Å². The molecule has 1 saturated heterocycles. The van der Waals surface area contributed by atoms with E-state index in [1.807, 2.05) is 0 Å². The van der Waals surface area contributed by atoms with Gasteiger partial charge in [-0.1, -0.05) is 0 Å². The van der Waals surface area contributed by atoms with Gasteiger partial charge in [-0.2, -0.15) is 0 Å². The summed E-state index contributed by atoms with van der Waals surface area (Å²) >= 11 is 0. The number of nitrogens with zero attached hydrogens (tertiary/aromatic N) is 1. The number of aromatic amines is 1. The molecule has 7 nitrogen and oxygen atoms in total. The lowest BCUT2D eigenvalue weighted by Gasteiger charge is -2.14. The topological polar surface area (TPSA) is 108 Å². The van der Waals surface area contributed by atoms with Crippen molar-refractivity contribution in [2.24, 2.45) is 0 Å². The van der Waals surface area contributed by atoms with E-state index in [4.69, 9.17) is 9.84 Å². The van der Waals surface area contributed by atoms with Gasteiger partial charge in [0.05, 0.1) is 6.61 Å². The molecular formula is C8H12N2O5. The van der Waals surface area contributed by atoms with E-state index < -0.39 is 36.8 Å². The number of H-pyrrole nitrogens is 1. The zero-order valence-electron chi connectivity index (χ0n) is 7.78. The highest BCUT2D eigenvalue weighted by atomic mass is 16.6. The van der Waals surface area contributed by atoms with Crippen LogP contribution in [0.2, 0.25) is 0 Å². The number of hydrogen-bond donors (Lipinski definition) is 4. The maximum atomic E-state index is 11.2. The minimum Gasteiger partial charge on any atom is -0.394 e. The highest BCUT2D eigenvalue weighted by molar-refractivity contribution is 4.91. The van der Waals surface area contributed by atoms with E-state index in [-0.39, 0.29) is 0 Å². The summed E-state index contributed by atoms with van der Waals surface area (Å²) in [5.74, 6) is 0. The number of aliphatic hydroxyl groups is 3. The molecule has 0 spiro atoms. The molecule has 1 aliphatic rings. The summed E-state index contributed by atoms with van der Waals surface area (Å²) in [5, 5.41) is 27.9. The molecule has 0 saturated carbocycles. The molecule has 4 N–H and O–H groups in total. The Kier molecular flexibility index (Phi) is 2.61. The highest BCUT2D eigenvalue weighted by Gasteiger charge is 2.43. The van der Waals surface area contributed by atoms with Crippen LogP contribution in [-0.2, 0) is 4.74 Å². The molecule has 2 rings (SSSR count). The van der Waals surface area contributed by atoms with Crippen LogP contribution in [0, 0.1) is 0 Å². The Hall–Kier alpha value is -1.15. The second-order valence-electron chi connectivity index (χ2n) is 3.40. The number of ether oxygens (including phenoxy) is 1. The Bertz CT molecular complexity index is 386. The van der Waals surface area contributed by atoms with Crippen molar-refractivity contribution in [3.8, 4) is 0 Å². The van der Waals surface area contributed by atoms with Gasteiger partial charge in [0, 0.05) is 12.4 Å². The Balaban J connectivity index is 2.26. The molecule has 0 amide bonds. The van der Waals surface area contributed by atoms with Crippen molar-refractivity contribution >= 4 is 0 Å². The molecule has 4 atom stereocenters. The molecule has 0 aromatic carbocycles. The van der Waals surface area contributed by atoms with Crippen molar-refractivity contribution in [1.82, 2.24) is 9.55 Å². The zero-order chi connectivity index (χ0) is 11.0. The Morgan fingerprint density at radius 2 is 2.20 bits per heavy atom. The summed E-state index contributed by atoms with van der Waals surface area (Å²) in [6, 6.07) is 0. The smallest absolute Gasteiger partial charge is 0.327 e. The molecule has 7 heteroatoms. The molecule has 0 bridgehead atoms. The molecular weight excluding hydrogens is 204 g/mol. The van der Waals surface area contributed by atoms with Gasteiger partial charge in [-0.15, -0.1) is 0 Å². The van der Waals surface area contributed by atoms with Gasteiger partial charge in [0.2, 0.25) is 0 Å². The second kappa shape index (κ2) is 3.78. The number of aromatic nitrogens is 2. The van der Waals surface area contributed by atoms with Crippen LogP contribution in [0.5, 0.6) is 0 Å². The van der Waals surface area contributed by atoms with Crippen LogP contribution in [0.1, 0.15) is 6.23 Å². The molecule has 0 radical (unpaired) electrons. The SMILES string of the molecule is O=c1[nH]ccn1[C@@H]1O[C@H](CO)[C@@H](O)[C@H]1O. The zero-order valence-corrected chi connectivity index (χ0v) is 7.78. The molecule has 1 aromatic heterocycles. The number of rotatable bonds is 2. The van der Waals surface area contributed by atoms with Crippen LogP contribution in [-0.4, -0.2) is 49.8 Å². The first-order chi connectivity index (χ1) is 7.15. The van der Waals surface area contributed by atoms with E-state index >= 15 is 0 Å². The van der Waals surface area contributed by atoms with Gasteiger partial charge in [0.1, 0.15) is 18.3 Å². The minimum absolute atomic E-state index is 0.409. The van der Waals surface area contributed by atoms with E-state index in [2.05, 4.69) is 4.98 Å².